The van der Waals surface area contributed by atoms with Crippen molar-refractivity contribution < 1.29 is 9.84 Å². The summed E-state index contributed by atoms with van der Waals surface area (Å²) in [5.74, 6) is 1.64. The highest BCUT2D eigenvalue weighted by Gasteiger charge is 2.18. The van der Waals surface area contributed by atoms with Crippen molar-refractivity contribution in [3.63, 3.8) is 0 Å². The molecule has 4 aromatic rings. The summed E-state index contributed by atoms with van der Waals surface area (Å²) in [6.07, 6.45) is 8.38. The van der Waals surface area contributed by atoms with E-state index >= 15 is 0 Å². The Labute approximate surface area is 227 Å². The molecule has 7 nitrogen and oxygen atoms in total. The maximum Gasteiger partial charge on any atom is 0.138 e. The zero-order chi connectivity index (χ0) is 26.5. The van der Waals surface area contributed by atoms with Crippen LogP contribution in [0.15, 0.2) is 78.1 Å². The molecule has 38 heavy (non-hydrogen) atoms. The number of hydrogen-bond donors (Lipinski definition) is 1. The molecule has 0 radical (unpaired) electrons. The first-order valence-corrected chi connectivity index (χ1v) is 13.7. The molecule has 8 heteroatoms. The van der Waals surface area contributed by atoms with Crippen molar-refractivity contribution in [1.29, 1.82) is 5.26 Å². The van der Waals surface area contributed by atoms with Crippen LogP contribution in [0.1, 0.15) is 31.5 Å². The van der Waals surface area contributed by atoms with E-state index in [1.807, 2.05) is 36.2 Å². The fraction of sp³-hybridized carbons (Fsp3) is 0.300. The maximum atomic E-state index is 10.1. The second-order valence-electron chi connectivity index (χ2n) is 10.0. The zero-order valence-electron chi connectivity index (χ0n) is 21.7. The number of nitriles is 1. The van der Waals surface area contributed by atoms with E-state index in [2.05, 4.69) is 52.5 Å². The average Bonchev–Trinajstić information content (AvgIpc) is 3.35. The van der Waals surface area contributed by atoms with Crippen molar-refractivity contribution in [2.45, 2.75) is 30.8 Å². The molecule has 0 spiro atoms. The van der Waals surface area contributed by atoms with E-state index < -0.39 is 5.60 Å². The summed E-state index contributed by atoms with van der Waals surface area (Å²) in [5, 5.41) is 24.0. The minimum atomic E-state index is -0.968. The lowest BCUT2D eigenvalue weighted by atomic mass is 10.0. The normalized spacial score (nSPS) is 14.3. The Hall–Kier alpha value is -3.64. The smallest absolute Gasteiger partial charge is 0.138 e. The van der Waals surface area contributed by atoms with Crippen molar-refractivity contribution in [3.8, 4) is 22.9 Å². The number of fused-ring (bicyclic) bond motifs is 1. The predicted octanol–water partition coefficient (Wildman–Crippen LogP) is 5.30. The molecule has 0 saturated heterocycles. The molecule has 0 bridgehead atoms. The number of thioether (sulfide) groups is 1. The van der Waals surface area contributed by atoms with Gasteiger partial charge in [-0.1, -0.05) is 30.3 Å². The van der Waals surface area contributed by atoms with E-state index in [0.29, 0.717) is 16.8 Å². The van der Waals surface area contributed by atoms with E-state index in [0.717, 1.165) is 48.6 Å². The zero-order valence-corrected chi connectivity index (χ0v) is 22.5. The van der Waals surface area contributed by atoms with Crippen molar-refractivity contribution in [3.05, 3.63) is 84.5 Å². The van der Waals surface area contributed by atoms with E-state index in [9.17, 15) is 10.4 Å². The summed E-state index contributed by atoms with van der Waals surface area (Å²) in [4.78, 5) is 8.58. The molecule has 0 amide bonds. The Balaban J connectivity index is 1.29. The molecule has 5 rings (SSSR count). The molecular formula is C30H31N5O2S. The van der Waals surface area contributed by atoms with Gasteiger partial charge >= 0.3 is 0 Å². The van der Waals surface area contributed by atoms with Crippen LogP contribution < -0.4 is 4.74 Å². The van der Waals surface area contributed by atoms with Gasteiger partial charge in [-0.3, -0.25) is 9.88 Å². The molecule has 3 aromatic heterocycles. The van der Waals surface area contributed by atoms with Gasteiger partial charge in [-0.25, -0.2) is 4.52 Å². The number of nitrogens with zero attached hydrogens (tertiary/aromatic N) is 5. The molecule has 1 aromatic carbocycles. The standard InChI is InChI=1S/C30H31N5O2S/c1-30(2,36)21-37-25-16-27(29-24(17-31)19-33-35(29)20-25)23-8-9-28(32-18-23)22-10-12-34(13-11-22)14-15-38-26-6-4-3-5-7-26/h3-10,16,18-20,36H,11-15,21H2,1-2H3. The average molecular weight is 526 g/mol. The van der Waals surface area contributed by atoms with Gasteiger partial charge in [0, 0.05) is 47.6 Å². The van der Waals surface area contributed by atoms with E-state index in [1.165, 1.54) is 10.5 Å². The summed E-state index contributed by atoms with van der Waals surface area (Å²) in [5.41, 5.74) is 4.15. The quantitative estimate of drug-likeness (QED) is 0.297. The molecule has 0 atom stereocenters. The van der Waals surface area contributed by atoms with Crippen molar-refractivity contribution in [2.75, 3.05) is 32.0 Å². The number of pyridine rings is 2. The van der Waals surface area contributed by atoms with Gasteiger partial charge in [0.1, 0.15) is 18.4 Å². The SMILES string of the molecule is CC(C)(O)COc1cc(-c2ccc(C3=CCN(CCSc4ccccc4)CC3)nc2)c2c(C#N)cnn2c1. The van der Waals surface area contributed by atoms with Crippen LogP contribution in [0.25, 0.3) is 22.2 Å². The molecule has 0 fully saturated rings. The maximum absolute atomic E-state index is 10.1. The highest BCUT2D eigenvalue weighted by atomic mass is 32.2. The van der Waals surface area contributed by atoms with Gasteiger partial charge in [-0.05, 0) is 50.1 Å². The summed E-state index contributed by atoms with van der Waals surface area (Å²) in [6.45, 7) is 6.53. The number of rotatable bonds is 9. The Kier molecular flexibility index (Phi) is 7.79. The Morgan fingerprint density at radius 3 is 2.68 bits per heavy atom. The van der Waals surface area contributed by atoms with Crippen molar-refractivity contribution >= 4 is 22.9 Å². The fourth-order valence-corrected chi connectivity index (χ4v) is 5.37. The number of benzene rings is 1. The molecule has 1 aliphatic heterocycles. The topological polar surface area (TPSA) is 86.7 Å². The minimum Gasteiger partial charge on any atom is -0.489 e. The highest BCUT2D eigenvalue weighted by Crippen LogP contribution is 2.32. The molecule has 0 saturated carbocycles. The molecule has 4 heterocycles. The number of ether oxygens (including phenoxy) is 1. The van der Waals surface area contributed by atoms with Crippen LogP contribution in [-0.4, -0.2) is 62.2 Å². The van der Waals surface area contributed by atoms with Crippen LogP contribution in [0.3, 0.4) is 0 Å². The van der Waals surface area contributed by atoms with Gasteiger partial charge in [0.15, 0.2) is 0 Å². The third-order valence-electron chi connectivity index (χ3n) is 6.42. The van der Waals surface area contributed by atoms with Gasteiger partial charge in [0.2, 0.25) is 0 Å². The summed E-state index contributed by atoms with van der Waals surface area (Å²) < 4.78 is 7.48. The fourth-order valence-electron chi connectivity index (χ4n) is 4.44. The van der Waals surface area contributed by atoms with Crippen molar-refractivity contribution in [2.24, 2.45) is 0 Å². The first-order valence-electron chi connectivity index (χ1n) is 12.7. The van der Waals surface area contributed by atoms with E-state index in [-0.39, 0.29) is 6.61 Å². The van der Waals surface area contributed by atoms with Crippen LogP contribution in [0.5, 0.6) is 5.75 Å². The number of aromatic nitrogens is 3. The van der Waals surface area contributed by atoms with Gasteiger partial charge in [0.05, 0.1) is 34.8 Å². The minimum absolute atomic E-state index is 0.137. The molecular weight excluding hydrogens is 494 g/mol. The summed E-state index contributed by atoms with van der Waals surface area (Å²) >= 11 is 1.90. The van der Waals surface area contributed by atoms with Crippen LogP contribution in [0.2, 0.25) is 0 Å². The number of aliphatic hydroxyl groups is 1. The van der Waals surface area contributed by atoms with Gasteiger partial charge in [-0.15, -0.1) is 11.8 Å². The Bertz CT molecular complexity index is 1470. The molecule has 0 aliphatic carbocycles. The largest absolute Gasteiger partial charge is 0.489 e. The predicted molar refractivity (Wildman–Crippen MR) is 151 cm³/mol. The lowest BCUT2D eigenvalue weighted by molar-refractivity contribution is 0.0283. The second-order valence-corrected chi connectivity index (χ2v) is 11.2. The second kappa shape index (κ2) is 11.4. The van der Waals surface area contributed by atoms with Gasteiger partial charge in [-0.2, -0.15) is 10.4 Å². The molecule has 1 aliphatic rings. The third kappa shape index (κ3) is 6.25. The lowest BCUT2D eigenvalue weighted by Crippen LogP contribution is -2.30. The highest BCUT2D eigenvalue weighted by molar-refractivity contribution is 7.99. The van der Waals surface area contributed by atoms with Crippen LogP contribution in [-0.2, 0) is 0 Å². The molecule has 1 N–H and O–H groups in total. The van der Waals surface area contributed by atoms with Gasteiger partial charge in [0.25, 0.3) is 0 Å². The first-order chi connectivity index (χ1) is 18.4. The van der Waals surface area contributed by atoms with Crippen molar-refractivity contribution in [1.82, 2.24) is 19.5 Å². The third-order valence-corrected chi connectivity index (χ3v) is 7.41. The van der Waals surface area contributed by atoms with E-state index in [4.69, 9.17) is 9.72 Å². The van der Waals surface area contributed by atoms with Crippen LogP contribution in [0, 0.1) is 11.3 Å². The first kappa shape index (κ1) is 26.0. The summed E-state index contributed by atoms with van der Waals surface area (Å²) in [6, 6.07) is 18.7. The number of hydrogen-bond acceptors (Lipinski definition) is 7. The lowest BCUT2D eigenvalue weighted by Gasteiger charge is -2.26. The molecule has 194 valence electrons. The Morgan fingerprint density at radius 1 is 1.16 bits per heavy atom. The van der Waals surface area contributed by atoms with Crippen LogP contribution in [0.4, 0.5) is 0 Å². The van der Waals surface area contributed by atoms with Gasteiger partial charge < -0.3 is 9.84 Å². The van der Waals surface area contributed by atoms with Crippen LogP contribution >= 0.6 is 11.8 Å². The Morgan fingerprint density at radius 2 is 2.00 bits per heavy atom. The summed E-state index contributed by atoms with van der Waals surface area (Å²) in [7, 11) is 0. The molecule has 0 unspecified atom stereocenters. The van der Waals surface area contributed by atoms with E-state index in [1.54, 1.807) is 30.8 Å². The monoisotopic (exact) mass is 525 g/mol.